The number of aliphatic carboxylic acids is 1. The van der Waals surface area contributed by atoms with E-state index in [1.807, 2.05) is 30.3 Å². The van der Waals surface area contributed by atoms with Crippen LogP contribution in [0.15, 0.2) is 34.7 Å². The third kappa shape index (κ3) is 2.59. The summed E-state index contributed by atoms with van der Waals surface area (Å²) in [5, 5.41) is 11.8. The van der Waals surface area contributed by atoms with Gasteiger partial charge < -0.3 is 14.8 Å². The molecule has 6 heteroatoms. The van der Waals surface area contributed by atoms with Crippen LogP contribution in [0.3, 0.4) is 0 Å². The predicted octanol–water partition coefficient (Wildman–Crippen LogP) is 2.24. The van der Waals surface area contributed by atoms with Crippen molar-refractivity contribution in [3.8, 4) is 11.3 Å². The Morgan fingerprint density at radius 1 is 1.32 bits per heavy atom. The van der Waals surface area contributed by atoms with E-state index < -0.39 is 17.3 Å². The number of nitrogens with zero attached hydrogens (tertiary/aromatic N) is 1. The zero-order valence-corrected chi connectivity index (χ0v) is 12.1. The quantitative estimate of drug-likeness (QED) is 0.883. The van der Waals surface area contributed by atoms with Gasteiger partial charge in [0.15, 0.2) is 17.3 Å². The number of hydrogen-bond acceptors (Lipinski definition) is 4. The molecule has 0 radical (unpaired) electrons. The molecule has 0 saturated heterocycles. The molecule has 1 aliphatic carbocycles. The smallest absolute Gasteiger partial charge is 0.311 e. The molecule has 0 atom stereocenters. The fourth-order valence-corrected chi connectivity index (χ4v) is 2.32. The summed E-state index contributed by atoms with van der Waals surface area (Å²) >= 11 is 0. The minimum Gasteiger partial charge on any atom is -0.481 e. The molecule has 1 aromatic carbocycles. The van der Waals surface area contributed by atoms with Crippen LogP contribution in [0.4, 0.5) is 0 Å². The topological polar surface area (TPSA) is 92.4 Å². The van der Waals surface area contributed by atoms with Crippen molar-refractivity contribution in [2.45, 2.75) is 19.8 Å². The number of carboxylic acid groups (broad SMARTS) is 1. The summed E-state index contributed by atoms with van der Waals surface area (Å²) in [5.74, 6) is -0.491. The van der Waals surface area contributed by atoms with Crippen LogP contribution >= 0.6 is 0 Å². The Bertz CT molecular complexity index is 717. The number of oxazole rings is 1. The third-order valence-electron chi connectivity index (χ3n) is 3.88. The summed E-state index contributed by atoms with van der Waals surface area (Å²) < 4.78 is 5.53. The summed E-state index contributed by atoms with van der Waals surface area (Å²) in [6, 6.07) is 9.22. The number of benzene rings is 1. The Kier molecular flexibility index (Phi) is 3.44. The number of hydrogen-bond donors (Lipinski definition) is 2. The van der Waals surface area contributed by atoms with Gasteiger partial charge in [-0.05, 0) is 12.8 Å². The fourth-order valence-electron chi connectivity index (χ4n) is 2.32. The molecule has 0 bridgehead atoms. The van der Waals surface area contributed by atoms with E-state index in [0.29, 0.717) is 24.5 Å². The Hall–Kier alpha value is -2.63. The molecular weight excluding hydrogens is 284 g/mol. The first-order valence-corrected chi connectivity index (χ1v) is 7.06. The summed E-state index contributed by atoms with van der Waals surface area (Å²) in [6.07, 6.45) is 1.18. The lowest BCUT2D eigenvalue weighted by Crippen LogP contribution is -2.34. The second-order valence-corrected chi connectivity index (χ2v) is 5.54. The van der Waals surface area contributed by atoms with Crippen molar-refractivity contribution in [2.24, 2.45) is 5.41 Å². The van der Waals surface area contributed by atoms with Gasteiger partial charge in [0.05, 0.1) is 5.41 Å². The second kappa shape index (κ2) is 5.29. The maximum Gasteiger partial charge on any atom is 0.311 e. The molecule has 0 spiro atoms. The van der Waals surface area contributed by atoms with E-state index >= 15 is 0 Å². The van der Waals surface area contributed by atoms with Crippen LogP contribution in [0.5, 0.6) is 0 Å². The minimum atomic E-state index is -0.868. The van der Waals surface area contributed by atoms with Crippen molar-refractivity contribution in [3.63, 3.8) is 0 Å². The first kappa shape index (κ1) is 14.3. The minimum absolute atomic E-state index is 0.112. The van der Waals surface area contributed by atoms with E-state index in [1.54, 1.807) is 6.92 Å². The van der Waals surface area contributed by atoms with E-state index in [9.17, 15) is 9.59 Å². The van der Waals surface area contributed by atoms with Crippen LogP contribution in [0.25, 0.3) is 11.3 Å². The van der Waals surface area contributed by atoms with Crippen molar-refractivity contribution in [2.75, 3.05) is 6.54 Å². The fraction of sp³-hybridized carbons (Fsp3) is 0.312. The molecule has 0 aliphatic heterocycles. The molecule has 0 unspecified atom stereocenters. The number of carbonyl (C=O) groups excluding carboxylic acids is 1. The molecule has 1 saturated carbocycles. The molecule has 1 aromatic heterocycles. The number of nitrogens with one attached hydrogen (secondary N) is 1. The predicted molar refractivity (Wildman–Crippen MR) is 78.3 cm³/mol. The van der Waals surface area contributed by atoms with E-state index in [2.05, 4.69) is 10.3 Å². The van der Waals surface area contributed by atoms with Crippen molar-refractivity contribution in [3.05, 3.63) is 41.9 Å². The SMILES string of the molecule is Cc1nc(C(=O)NCC2(C(=O)O)CC2)c(-c2ccccc2)o1. The summed E-state index contributed by atoms with van der Waals surface area (Å²) in [4.78, 5) is 27.6. The number of rotatable bonds is 5. The maximum atomic E-state index is 12.3. The van der Waals surface area contributed by atoms with E-state index in [1.165, 1.54) is 0 Å². The average molecular weight is 300 g/mol. The second-order valence-electron chi connectivity index (χ2n) is 5.54. The molecule has 22 heavy (non-hydrogen) atoms. The van der Waals surface area contributed by atoms with Gasteiger partial charge in [0.25, 0.3) is 5.91 Å². The highest BCUT2D eigenvalue weighted by Gasteiger charge is 2.50. The lowest BCUT2D eigenvalue weighted by Gasteiger charge is -2.10. The van der Waals surface area contributed by atoms with Crippen LogP contribution in [-0.2, 0) is 4.79 Å². The number of aromatic nitrogens is 1. The van der Waals surface area contributed by atoms with Gasteiger partial charge in [0, 0.05) is 19.0 Å². The molecule has 1 heterocycles. The highest BCUT2D eigenvalue weighted by Crippen LogP contribution is 2.45. The van der Waals surface area contributed by atoms with Gasteiger partial charge in [0.1, 0.15) is 0 Å². The lowest BCUT2D eigenvalue weighted by atomic mass is 10.1. The first-order chi connectivity index (χ1) is 10.5. The number of aryl methyl sites for hydroxylation is 1. The van der Waals surface area contributed by atoms with Crippen LogP contribution < -0.4 is 5.32 Å². The van der Waals surface area contributed by atoms with Crippen molar-refractivity contribution < 1.29 is 19.1 Å². The molecule has 1 fully saturated rings. The van der Waals surface area contributed by atoms with Gasteiger partial charge in [-0.3, -0.25) is 9.59 Å². The largest absolute Gasteiger partial charge is 0.481 e. The van der Waals surface area contributed by atoms with E-state index in [4.69, 9.17) is 9.52 Å². The molecular formula is C16H16N2O4. The molecule has 114 valence electrons. The zero-order chi connectivity index (χ0) is 15.7. The number of carboxylic acids is 1. The van der Waals surface area contributed by atoms with E-state index in [-0.39, 0.29) is 12.2 Å². The van der Waals surface area contributed by atoms with Gasteiger partial charge in [-0.1, -0.05) is 30.3 Å². The molecule has 2 aromatic rings. The van der Waals surface area contributed by atoms with Gasteiger partial charge in [-0.15, -0.1) is 0 Å². The standard InChI is InChI=1S/C16H16N2O4/c1-10-18-12(13(22-10)11-5-3-2-4-6-11)14(19)17-9-16(7-8-16)15(20)21/h2-6H,7-9H2,1H3,(H,17,19)(H,20,21). The molecule has 2 N–H and O–H groups in total. The molecule has 3 rings (SSSR count). The Morgan fingerprint density at radius 3 is 2.59 bits per heavy atom. The average Bonchev–Trinajstić information content (AvgIpc) is 3.22. The summed E-state index contributed by atoms with van der Waals surface area (Å²) in [6.45, 7) is 1.78. The Morgan fingerprint density at radius 2 is 2.00 bits per heavy atom. The van der Waals surface area contributed by atoms with E-state index in [0.717, 1.165) is 5.56 Å². The molecule has 1 aliphatic rings. The van der Waals surface area contributed by atoms with Crippen LogP contribution in [0, 0.1) is 12.3 Å². The van der Waals surface area contributed by atoms with Gasteiger partial charge in [-0.25, -0.2) is 4.98 Å². The van der Waals surface area contributed by atoms with Crippen LogP contribution in [0.1, 0.15) is 29.2 Å². The summed E-state index contributed by atoms with van der Waals surface area (Å²) in [5.41, 5.74) is 0.138. The van der Waals surface area contributed by atoms with Crippen molar-refractivity contribution in [1.82, 2.24) is 10.3 Å². The Balaban J connectivity index is 1.80. The summed E-state index contributed by atoms with van der Waals surface area (Å²) in [7, 11) is 0. The third-order valence-corrected chi connectivity index (χ3v) is 3.88. The number of amides is 1. The monoisotopic (exact) mass is 300 g/mol. The Labute approximate surface area is 127 Å². The van der Waals surface area contributed by atoms with Gasteiger partial charge >= 0.3 is 5.97 Å². The lowest BCUT2D eigenvalue weighted by molar-refractivity contribution is -0.143. The van der Waals surface area contributed by atoms with Crippen molar-refractivity contribution >= 4 is 11.9 Å². The highest BCUT2D eigenvalue weighted by atomic mass is 16.4. The maximum absolute atomic E-state index is 12.3. The first-order valence-electron chi connectivity index (χ1n) is 7.06. The highest BCUT2D eigenvalue weighted by molar-refractivity contribution is 5.98. The molecule has 1 amide bonds. The van der Waals surface area contributed by atoms with Crippen LogP contribution in [0.2, 0.25) is 0 Å². The number of carbonyl (C=O) groups is 2. The van der Waals surface area contributed by atoms with Gasteiger partial charge in [0.2, 0.25) is 0 Å². The van der Waals surface area contributed by atoms with Crippen LogP contribution in [-0.4, -0.2) is 28.5 Å². The zero-order valence-electron chi connectivity index (χ0n) is 12.1. The normalized spacial score (nSPS) is 15.3. The van der Waals surface area contributed by atoms with Gasteiger partial charge in [-0.2, -0.15) is 0 Å². The molecule has 6 nitrogen and oxygen atoms in total. The van der Waals surface area contributed by atoms with Crippen molar-refractivity contribution in [1.29, 1.82) is 0 Å².